The van der Waals surface area contributed by atoms with E-state index in [4.69, 9.17) is 9.47 Å². The molecule has 0 spiro atoms. The van der Waals surface area contributed by atoms with Crippen LogP contribution in [0.3, 0.4) is 0 Å². The van der Waals surface area contributed by atoms with Crippen molar-refractivity contribution in [1.29, 1.82) is 0 Å². The first-order valence-corrected chi connectivity index (χ1v) is 5.74. The lowest BCUT2D eigenvalue weighted by Crippen LogP contribution is -2.27. The van der Waals surface area contributed by atoms with Gasteiger partial charge in [0.25, 0.3) is 0 Å². The molecule has 2 saturated carbocycles. The summed E-state index contributed by atoms with van der Waals surface area (Å²) >= 11 is 0. The van der Waals surface area contributed by atoms with Crippen molar-refractivity contribution in [2.75, 3.05) is 20.8 Å². The van der Waals surface area contributed by atoms with Gasteiger partial charge in [0.2, 0.25) is 0 Å². The standard InChI is InChI=1S/C12H20O3/c1-14-8-7-11-3-5-12(9-11,6-4-11)10(13)15-2/h3-9H2,1-2H3. The van der Waals surface area contributed by atoms with Crippen molar-refractivity contribution < 1.29 is 14.3 Å². The second-order valence-corrected chi connectivity index (χ2v) is 5.19. The molecule has 0 saturated heterocycles. The Balaban J connectivity index is 2.04. The minimum atomic E-state index is -0.136. The van der Waals surface area contributed by atoms with Crippen LogP contribution in [0.5, 0.6) is 0 Å². The SMILES string of the molecule is COCCC12CCC(C(=O)OC)(CC1)C2. The van der Waals surface area contributed by atoms with Gasteiger partial charge >= 0.3 is 5.97 Å². The summed E-state index contributed by atoms with van der Waals surface area (Å²) in [7, 11) is 3.25. The third kappa shape index (κ3) is 1.67. The number of fused-ring (bicyclic) bond motifs is 2. The topological polar surface area (TPSA) is 35.5 Å². The molecule has 0 radical (unpaired) electrons. The molecule has 0 unspecified atom stereocenters. The van der Waals surface area contributed by atoms with Gasteiger partial charge in [-0.3, -0.25) is 4.79 Å². The third-order valence-electron chi connectivity index (χ3n) is 4.44. The Morgan fingerprint density at radius 2 is 1.87 bits per heavy atom. The van der Waals surface area contributed by atoms with Crippen LogP contribution in [-0.4, -0.2) is 26.8 Å². The highest BCUT2D eigenvalue weighted by atomic mass is 16.5. The summed E-state index contributed by atoms with van der Waals surface area (Å²) in [5.41, 5.74) is 0.243. The van der Waals surface area contributed by atoms with E-state index in [1.807, 2.05) is 0 Å². The molecule has 0 aromatic carbocycles. The summed E-state index contributed by atoms with van der Waals surface area (Å²) < 4.78 is 10.1. The number of hydrogen-bond donors (Lipinski definition) is 0. The van der Waals surface area contributed by atoms with E-state index in [-0.39, 0.29) is 11.4 Å². The molecule has 2 rings (SSSR count). The van der Waals surface area contributed by atoms with E-state index >= 15 is 0 Å². The van der Waals surface area contributed by atoms with Crippen molar-refractivity contribution in [3.8, 4) is 0 Å². The smallest absolute Gasteiger partial charge is 0.311 e. The average Bonchev–Trinajstić information content (AvgIpc) is 2.82. The Kier molecular flexibility index (Phi) is 2.75. The predicted octanol–water partition coefficient (Wildman–Crippen LogP) is 2.15. The third-order valence-corrected chi connectivity index (χ3v) is 4.44. The van der Waals surface area contributed by atoms with Crippen LogP contribution >= 0.6 is 0 Å². The molecule has 0 N–H and O–H groups in total. The quantitative estimate of drug-likeness (QED) is 0.670. The summed E-state index contributed by atoms with van der Waals surface area (Å²) in [5, 5.41) is 0. The Labute approximate surface area is 91.1 Å². The molecule has 3 nitrogen and oxygen atoms in total. The minimum Gasteiger partial charge on any atom is -0.469 e. The molecular formula is C12H20O3. The lowest BCUT2D eigenvalue weighted by molar-refractivity contribution is -0.152. The summed E-state index contributed by atoms with van der Waals surface area (Å²) in [6.45, 7) is 0.817. The van der Waals surface area contributed by atoms with Crippen molar-refractivity contribution in [1.82, 2.24) is 0 Å². The zero-order valence-corrected chi connectivity index (χ0v) is 9.67. The van der Waals surface area contributed by atoms with Crippen molar-refractivity contribution in [3.05, 3.63) is 0 Å². The highest BCUT2D eigenvalue weighted by Gasteiger charge is 2.58. The van der Waals surface area contributed by atoms with Crippen LogP contribution in [0.25, 0.3) is 0 Å². The van der Waals surface area contributed by atoms with E-state index < -0.39 is 0 Å². The molecule has 0 heterocycles. The molecule has 86 valence electrons. The van der Waals surface area contributed by atoms with Crippen molar-refractivity contribution >= 4 is 5.97 Å². The monoisotopic (exact) mass is 212 g/mol. The molecule has 15 heavy (non-hydrogen) atoms. The molecule has 2 fully saturated rings. The molecule has 0 aromatic rings. The zero-order valence-electron chi connectivity index (χ0n) is 9.67. The van der Waals surface area contributed by atoms with Gasteiger partial charge in [-0.25, -0.2) is 0 Å². The van der Waals surface area contributed by atoms with Crippen LogP contribution in [0.4, 0.5) is 0 Å². The molecule has 2 bridgehead atoms. The Bertz CT molecular complexity index is 252. The van der Waals surface area contributed by atoms with Gasteiger partial charge in [0.1, 0.15) is 0 Å². The van der Waals surface area contributed by atoms with Gasteiger partial charge in [-0.1, -0.05) is 0 Å². The van der Waals surface area contributed by atoms with E-state index in [9.17, 15) is 4.79 Å². The molecule has 2 aliphatic rings. The van der Waals surface area contributed by atoms with E-state index in [0.29, 0.717) is 5.41 Å². The molecule has 2 aliphatic carbocycles. The Morgan fingerprint density at radius 3 is 2.40 bits per heavy atom. The van der Waals surface area contributed by atoms with Crippen LogP contribution in [0.2, 0.25) is 0 Å². The predicted molar refractivity (Wildman–Crippen MR) is 56.5 cm³/mol. The number of carbonyl (C=O) groups excluding carboxylic acids is 1. The Hall–Kier alpha value is -0.570. The fourth-order valence-corrected chi connectivity index (χ4v) is 3.48. The highest BCUT2D eigenvalue weighted by molar-refractivity contribution is 5.77. The van der Waals surface area contributed by atoms with Crippen LogP contribution < -0.4 is 0 Å². The first kappa shape index (κ1) is 10.9. The molecule has 0 atom stereocenters. The summed E-state index contributed by atoms with van der Waals surface area (Å²) in [4.78, 5) is 11.8. The van der Waals surface area contributed by atoms with Crippen molar-refractivity contribution in [2.24, 2.45) is 10.8 Å². The van der Waals surface area contributed by atoms with E-state index in [0.717, 1.165) is 32.3 Å². The maximum atomic E-state index is 11.8. The van der Waals surface area contributed by atoms with Gasteiger partial charge in [-0.05, 0) is 43.9 Å². The fourth-order valence-electron chi connectivity index (χ4n) is 3.48. The molecule has 0 amide bonds. The van der Waals surface area contributed by atoms with Crippen LogP contribution in [0, 0.1) is 10.8 Å². The van der Waals surface area contributed by atoms with Gasteiger partial charge in [0.05, 0.1) is 12.5 Å². The maximum absolute atomic E-state index is 11.8. The van der Waals surface area contributed by atoms with Gasteiger partial charge in [-0.15, -0.1) is 0 Å². The Morgan fingerprint density at radius 1 is 1.20 bits per heavy atom. The van der Waals surface area contributed by atoms with Gasteiger partial charge in [-0.2, -0.15) is 0 Å². The second kappa shape index (κ2) is 3.78. The van der Waals surface area contributed by atoms with E-state index in [1.54, 1.807) is 7.11 Å². The number of hydrogen-bond acceptors (Lipinski definition) is 3. The zero-order chi connectivity index (χ0) is 10.9. The van der Waals surface area contributed by atoms with Crippen LogP contribution in [-0.2, 0) is 14.3 Å². The molecule has 0 aliphatic heterocycles. The number of carbonyl (C=O) groups is 1. The fraction of sp³-hybridized carbons (Fsp3) is 0.917. The average molecular weight is 212 g/mol. The normalized spacial score (nSPS) is 38.3. The molecule has 3 heteroatoms. The van der Waals surface area contributed by atoms with Crippen LogP contribution in [0.1, 0.15) is 38.5 Å². The van der Waals surface area contributed by atoms with Crippen molar-refractivity contribution in [2.45, 2.75) is 38.5 Å². The molecular weight excluding hydrogens is 192 g/mol. The highest BCUT2D eigenvalue weighted by Crippen LogP contribution is 2.63. The number of ether oxygens (including phenoxy) is 2. The maximum Gasteiger partial charge on any atom is 0.311 e. The number of esters is 1. The van der Waals surface area contributed by atoms with Gasteiger partial charge in [0, 0.05) is 13.7 Å². The number of methoxy groups -OCH3 is 2. The molecule has 0 aromatic heterocycles. The van der Waals surface area contributed by atoms with Crippen molar-refractivity contribution in [3.63, 3.8) is 0 Å². The summed E-state index contributed by atoms with van der Waals surface area (Å²) in [6, 6.07) is 0. The first-order valence-electron chi connectivity index (χ1n) is 5.74. The first-order chi connectivity index (χ1) is 7.16. The number of rotatable bonds is 4. The largest absolute Gasteiger partial charge is 0.469 e. The lowest BCUT2D eigenvalue weighted by Gasteiger charge is -2.26. The second-order valence-electron chi connectivity index (χ2n) is 5.19. The van der Waals surface area contributed by atoms with Gasteiger partial charge < -0.3 is 9.47 Å². The summed E-state index contributed by atoms with van der Waals surface area (Å²) in [6.07, 6.45) is 6.50. The van der Waals surface area contributed by atoms with Gasteiger partial charge in [0.15, 0.2) is 0 Å². The minimum absolute atomic E-state index is 0.0132. The summed E-state index contributed by atoms with van der Waals surface area (Å²) in [5.74, 6) is 0.0132. The lowest BCUT2D eigenvalue weighted by atomic mass is 9.80. The van der Waals surface area contributed by atoms with Crippen LogP contribution in [0.15, 0.2) is 0 Å². The van der Waals surface area contributed by atoms with E-state index in [2.05, 4.69) is 0 Å². The van der Waals surface area contributed by atoms with E-state index in [1.165, 1.54) is 20.0 Å².